The van der Waals surface area contributed by atoms with Crippen LogP contribution < -0.4 is 5.32 Å². The Bertz CT molecular complexity index is 642. The zero-order valence-electron chi connectivity index (χ0n) is 12.9. The number of thioether (sulfide) groups is 1. The lowest BCUT2D eigenvalue weighted by Gasteiger charge is -2.39. The van der Waals surface area contributed by atoms with Gasteiger partial charge in [0.15, 0.2) is 4.34 Å². The van der Waals surface area contributed by atoms with Crippen LogP contribution in [-0.2, 0) is 0 Å². The SMILES string of the molecule is Cc1nnc(SCCCNC(=O)N2CC(c3ccncc3)C2)s1. The van der Waals surface area contributed by atoms with Gasteiger partial charge in [0.1, 0.15) is 5.01 Å². The van der Waals surface area contributed by atoms with Crippen molar-refractivity contribution in [1.29, 1.82) is 0 Å². The summed E-state index contributed by atoms with van der Waals surface area (Å²) in [5, 5.41) is 12.0. The molecule has 1 aliphatic rings. The van der Waals surface area contributed by atoms with Gasteiger partial charge in [-0.25, -0.2) is 4.79 Å². The Morgan fingerprint density at radius 2 is 2.17 bits per heavy atom. The summed E-state index contributed by atoms with van der Waals surface area (Å²) in [5.74, 6) is 1.38. The van der Waals surface area contributed by atoms with Gasteiger partial charge in [-0.05, 0) is 31.0 Å². The van der Waals surface area contributed by atoms with E-state index in [9.17, 15) is 4.79 Å². The third kappa shape index (κ3) is 4.42. The van der Waals surface area contributed by atoms with Crippen molar-refractivity contribution in [1.82, 2.24) is 25.4 Å². The van der Waals surface area contributed by atoms with Crippen molar-refractivity contribution in [3.8, 4) is 0 Å². The van der Waals surface area contributed by atoms with Gasteiger partial charge in [-0.1, -0.05) is 23.1 Å². The van der Waals surface area contributed by atoms with E-state index >= 15 is 0 Å². The van der Waals surface area contributed by atoms with Crippen LogP contribution in [-0.4, -0.2) is 51.5 Å². The molecule has 0 aliphatic carbocycles. The lowest BCUT2D eigenvalue weighted by Crippen LogP contribution is -2.52. The van der Waals surface area contributed by atoms with Crippen LogP contribution in [0.15, 0.2) is 28.9 Å². The van der Waals surface area contributed by atoms with Crippen molar-refractivity contribution in [2.24, 2.45) is 0 Å². The maximum Gasteiger partial charge on any atom is 0.317 e. The molecule has 3 rings (SSSR count). The van der Waals surface area contributed by atoms with E-state index in [-0.39, 0.29) is 6.03 Å². The molecule has 3 heterocycles. The summed E-state index contributed by atoms with van der Waals surface area (Å²) >= 11 is 3.30. The van der Waals surface area contributed by atoms with Gasteiger partial charge < -0.3 is 10.2 Å². The highest BCUT2D eigenvalue weighted by atomic mass is 32.2. The zero-order valence-corrected chi connectivity index (χ0v) is 14.6. The van der Waals surface area contributed by atoms with Crippen molar-refractivity contribution in [2.45, 2.75) is 23.6 Å². The molecule has 122 valence electrons. The summed E-state index contributed by atoms with van der Waals surface area (Å²) in [6.07, 6.45) is 4.53. The third-order valence-electron chi connectivity index (χ3n) is 3.68. The van der Waals surface area contributed by atoms with E-state index in [1.165, 1.54) is 5.56 Å². The Hall–Kier alpha value is -1.67. The third-order valence-corrected chi connectivity index (χ3v) is 5.73. The van der Waals surface area contributed by atoms with E-state index in [1.807, 2.05) is 24.0 Å². The standard InChI is InChI=1S/C15H19N5OS2/c1-11-18-19-15(23-11)22-8-2-5-17-14(21)20-9-13(10-20)12-3-6-16-7-4-12/h3-4,6-7,13H,2,5,8-10H2,1H3,(H,17,21). The molecule has 6 nitrogen and oxygen atoms in total. The Balaban J connectivity index is 1.29. The quantitative estimate of drug-likeness (QED) is 0.641. The number of aromatic nitrogens is 3. The molecule has 2 aromatic heterocycles. The molecule has 0 saturated carbocycles. The maximum absolute atomic E-state index is 12.0. The first kappa shape index (κ1) is 16.2. The molecular formula is C15H19N5OS2. The molecule has 2 amide bonds. The van der Waals surface area contributed by atoms with Crippen LogP contribution >= 0.6 is 23.1 Å². The highest BCUT2D eigenvalue weighted by molar-refractivity contribution is 8.01. The molecule has 0 radical (unpaired) electrons. The average Bonchev–Trinajstić information content (AvgIpc) is 2.92. The molecular weight excluding hydrogens is 330 g/mol. The first-order chi connectivity index (χ1) is 11.2. The molecule has 0 aromatic carbocycles. The van der Waals surface area contributed by atoms with Crippen molar-refractivity contribution >= 4 is 29.1 Å². The maximum atomic E-state index is 12.0. The average molecular weight is 349 g/mol. The number of likely N-dealkylation sites (tertiary alicyclic amines) is 1. The minimum atomic E-state index is 0.0343. The zero-order chi connectivity index (χ0) is 16.1. The van der Waals surface area contributed by atoms with Crippen molar-refractivity contribution in [2.75, 3.05) is 25.4 Å². The van der Waals surface area contributed by atoms with Crippen LogP contribution in [0.2, 0.25) is 0 Å². The van der Waals surface area contributed by atoms with E-state index in [4.69, 9.17) is 0 Å². The Kier molecular flexibility index (Phi) is 5.45. The number of nitrogens with one attached hydrogen (secondary N) is 1. The van der Waals surface area contributed by atoms with Crippen molar-refractivity contribution in [3.05, 3.63) is 35.1 Å². The number of urea groups is 1. The summed E-state index contributed by atoms with van der Waals surface area (Å²) in [6, 6.07) is 4.07. The predicted octanol–water partition coefficient (Wildman–Crippen LogP) is 2.53. The fourth-order valence-electron chi connectivity index (χ4n) is 2.37. The molecule has 0 bridgehead atoms. The fraction of sp³-hybridized carbons (Fsp3) is 0.467. The fourth-order valence-corrected chi connectivity index (χ4v) is 4.19. The molecule has 1 N–H and O–H groups in total. The van der Waals surface area contributed by atoms with E-state index < -0.39 is 0 Å². The monoisotopic (exact) mass is 349 g/mol. The van der Waals surface area contributed by atoms with Crippen molar-refractivity contribution in [3.63, 3.8) is 0 Å². The number of carbonyl (C=O) groups is 1. The highest BCUT2D eigenvalue weighted by Gasteiger charge is 2.31. The van der Waals surface area contributed by atoms with E-state index in [2.05, 4.69) is 20.5 Å². The smallest absolute Gasteiger partial charge is 0.317 e. The molecule has 0 unspecified atom stereocenters. The second-order valence-corrected chi connectivity index (χ2v) is 7.93. The van der Waals surface area contributed by atoms with Crippen LogP contribution in [0, 0.1) is 6.92 Å². The number of pyridine rings is 1. The van der Waals surface area contributed by atoms with Gasteiger partial charge in [-0.3, -0.25) is 4.98 Å². The van der Waals surface area contributed by atoms with Crippen LogP contribution in [0.25, 0.3) is 0 Å². The van der Waals surface area contributed by atoms with Crippen LogP contribution in [0.4, 0.5) is 4.79 Å². The van der Waals surface area contributed by atoms with Crippen LogP contribution in [0.5, 0.6) is 0 Å². The normalized spacial score (nSPS) is 14.6. The highest BCUT2D eigenvalue weighted by Crippen LogP contribution is 2.26. The molecule has 1 saturated heterocycles. The lowest BCUT2D eigenvalue weighted by atomic mass is 9.93. The summed E-state index contributed by atoms with van der Waals surface area (Å²) in [4.78, 5) is 17.9. The number of hydrogen-bond donors (Lipinski definition) is 1. The van der Waals surface area contributed by atoms with E-state index in [1.54, 1.807) is 35.5 Å². The molecule has 1 fully saturated rings. The van der Waals surface area contributed by atoms with Gasteiger partial charge in [0.05, 0.1) is 0 Å². The van der Waals surface area contributed by atoms with Crippen LogP contribution in [0.3, 0.4) is 0 Å². The molecule has 23 heavy (non-hydrogen) atoms. The first-order valence-corrected chi connectivity index (χ1v) is 9.38. The van der Waals surface area contributed by atoms with E-state index in [0.29, 0.717) is 12.5 Å². The number of carbonyl (C=O) groups excluding carboxylic acids is 1. The molecule has 1 aliphatic heterocycles. The first-order valence-electron chi connectivity index (χ1n) is 7.58. The molecule has 0 spiro atoms. The van der Waals surface area contributed by atoms with Gasteiger partial charge in [0.25, 0.3) is 0 Å². The van der Waals surface area contributed by atoms with Gasteiger partial charge in [-0.15, -0.1) is 10.2 Å². The summed E-state index contributed by atoms with van der Waals surface area (Å²) in [7, 11) is 0. The van der Waals surface area contributed by atoms with Crippen LogP contribution in [0.1, 0.15) is 22.9 Å². The van der Waals surface area contributed by atoms with Crippen molar-refractivity contribution < 1.29 is 4.79 Å². The lowest BCUT2D eigenvalue weighted by molar-refractivity contribution is 0.151. The topological polar surface area (TPSA) is 71.0 Å². The minimum Gasteiger partial charge on any atom is -0.338 e. The minimum absolute atomic E-state index is 0.0343. The van der Waals surface area contributed by atoms with Gasteiger partial charge in [-0.2, -0.15) is 0 Å². The Morgan fingerprint density at radius 1 is 1.39 bits per heavy atom. The molecule has 0 atom stereocenters. The van der Waals surface area contributed by atoms with Gasteiger partial charge in [0.2, 0.25) is 0 Å². The summed E-state index contributed by atoms with van der Waals surface area (Å²) < 4.78 is 0.997. The summed E-state index contributed by atoms with van der Waals surface area (Å²) in [6.45, 7) is 4.22. The summed E-state index contributed by atoms with van der Waals surface area (Å²) in [5.41, 5.74) is 1.26. The Morgan fingerprint density at radius 3 is 2.87 bits per heavy atom. The van der Waals surface area contributed by atoms with E-state index in [0.717, 1.165) is 34.6 Å². The predicted molar refractivity (Wildman–Crippen MR) is 91.9 cm³/mol. The Labute approximate surface area is 143 Å². The number of rotatable bonds is 6. The van der Waals surface area contributed by atoms with Gasteiger partial charge >= 0.3 is 6.03 Å². The van der Waals surface area contributed by atoms with Gasteiger partial charge in [0, 0.05) is 43.7 Å². The molecule has 2 aromatic rings. The second-order valence-electron chi connectivity index (χ2n) is 5.40. The molecule has 8 heteroatoms. The second kappa shape index (κ2) is 7.74. The largest absolute Gasteiger partial charge is 0.338 e. The number of hydrogen-bond acceptors (Lipinski definition) is 6. The number of amides is 2. The number of aryl methyl sites for hydroxylation is 1. The number of nitrogens with zero attached hydrogens (tertiary/aromatic N) is 4.